The van der Waals surface area contributed by atoms with Gasteiger partial charge in [0.25, 0.3) is 0 Å². The third-order valence-electron chi connectivity index (χ3n) is 2.33. The van der Waals surface area contributed by atoms with E-state index in [2.05, 4.69) is 11.9 Å². The number of hydrogen-bond acceptors (Lipinski definition) is 3. The average Bonchev–Trinajstić information content (AvgIpc) is 2.67. The highest BCUT2D eigenvalue weighted by Gasteiger charge is 2.33. The number of aromatic nitrogens is 1. The predicted molar refractivity (Wildman–Crippen MR) is 51.0 cm³/mol. The van der Waals surface area contributed by atoms with Crippen LogP contribution in [0.1, 0.15) is 31.2 Å². The van der Waals surface area contributed by atoms with Gasteiger partial charge in [0, 0.05) is 11.6 Å². The highest BCUT2D eigenvalue weighted by atomic mass is 32.1. The molecule has 2 rings (SSSR count). The lowest BCUT2D eigenvalue weighted by molar-refractivity contribution is 0.422. The summed E-state index contributed by atoms with van der Waals surface area (Å²) in [5.74, 6) is 0.865. The van der Waals surface area contributed by atoms with E-state index in [1.165, 1.54) is 12.8 Å². The van der Waals surface area contributed by atoms with Gasteiger partial charge in [0.15, 0.2) is 0 Å². The van der Waals surface area contributed by atoms with Crippen LogP contribution in [0.3, 0.4) is 0 Å². The van der Waals surface area contributed by atoms with E-state index in [4.69, 9.17) is 5.73 Å². The van der Waals surface area contributed by atoms with Gasteiger partial charge in [0.2, 0.25) is 0 Å². The largest absolute Gasteiger partial charge is 0.320 e. The lowest BCUT2D eigenvalue weighted by atomic mass is 9.97. The summed E-state index contributed by atoms with van der Waals surface area (Å²) in [4.78, 5) is 4.26. The van der Waals surface area contributed by atoms with Crippen LogP contribution in [-0.4, -0.2) is 4.98 Å². The fraction of sp³-hybridized carbons (Fsp3) is 0.667. The molecule has 0 saturated heterocycles. The van der Waals surface area contributed by atoms with E-state index in [0.29, 0.717) is 0 Å². The fourth-order valence-electron chi connectivity index (χ4n) is 1.51. The van der Waals surface area contributed by atoms with Crippen LogP contribution in [0.15, 0.2) is 11.6 Å². The minimum atomic E-state index is -0.185. The van der Waals surface area contributed by atoms with E-state index in [-0.39, 0.29) is 5.54 Å². The molecule has 2 N–H and O–H groups in total. The van der Waals surface area contributed by atoms with Gasteiger partial charge in [-0.05, 0) is 19.3 Å². The number of nitrogens with two attached hydrogens (primary N) is 1. The molecule has 0 aliphatic heterocycles. The van der Waals surface area contributed by atoms with Gasteiger partial charge in [-0.3, -0.25) is 0 Å². The molecule has 66 valence electrons. The maximum absolute atomic E-state index is 6.17. The Kier molecular flexibility index (Phi) is 1.93. The lowest BCUT2D eigenvalue weighted by Crippen LogP contribution is -2.33. The molecule has 2 nitrogen and oxygen atoms in total. The molecular weight excluding hydrogens is 168 g/mol. The molecule has 1 aromatic heterocycles. The molecule has 0 aromatic carbocycles. The SMILES string of the molecule is CC(N)(CC1CC1)c1nccs1. The van der Waals surface area contributed by atoms with Crippen molar-refractivity contribution in [1.29, 1.82) is 0 Å². The zero-order chi connectivity index (χ0) is 8.60. The van der Waals surface area contributed by atoms with Crippen LogP contribution in [-0.2, 0) is 5.54 Å². The van der Waals surface area contributed by atoms with Gasteiger partial charge in [0.1, 0.15) is 5.01 Å². The van der Waals surface area contributed by atoms with E-state index in [1.807, 2.05) is 11.6 Å². The summed E-state index contributed by atoms with van der Waals surface area (Å²) < 4.78 is 0. The van der Waals surface area contributed by atoms with Crippen LogP contribution >= 0.6 is 11.3 Å². The number of hydrogen-bond donors (Lipinski definition) is 1. The molecule has 1 heterocycles. The molecule has 1 saturated carbocycles. The van der Waals surface area contributed by atoms with E-state index < -0.39 is 0 Å². The van der Waals surface area contributed by atoms with Crippen molar-refractivity contribution in [3.8, 4) is 0 Å². The standard InChI is InChI=1S/C9H14N2S/c1-9(10,6-7-2-3-7)8-11-4-5-12-8/h4-5,7H,2-3,6,10H2,1H3. The summed E-state index contributed by atoms with van der Waals surface area (Å²) >= 11 is 1.66. The Morgan fingerprint density at radius 1 is 1.75 bits per heavy atom. The summed E-state index contributed by atoms with van der Waals surface area (Å²) in [6, 6.07) is 0. The van der Waals surface area contributed by atoms with Crippen molar-refractivity contribution in [1.82, 2.24) is 4.98 Å². The molecule has 1 atom stereocenters. The summed E-state index contributed by atoms with van der Waals surface area (Å²) in [6.45, 7) is 2.09. The first-order chi connectivity index (χ1) is 5.68. The lowest BCUT2D eigenvalue weighted by Gasteiger charge is -2.21. The average molecular weight is 182 g/mol. The molecular formula is C9H14N2S. The van der Waals surface area contributed by atoms with Crippen LogP contribution in [0.5, 0.6) is 0 Å². The van der Waals surface area contributed by atoms with Gasteiger partial charge in [-0.2, -0.15) is 0 Å². The van der Waals surface area contributed by atoms with Gasteiger partial charge in [-0.1, -0.05) is 12.8 Å². The van der Waals surface area contributed by atoms with Crippen molar-refractivity contribution in [3.63, 3.8) is 0 Å². The van der Waals surface area contributed by atoms with Crippen molar-refractivity contribution in [2.75, 3.05) is 0 Å². The Morgan fingerprint density at radius 3 is 3.00 bits per heavy atom. The van der Waals surface area contributed by atoms with E-state index in [0.717, 1.165) is 17.3 Å². The van der Waals surface area contributed by atoms with Crippen LogP contribution < -0.4 is 5.73 Å². The van der Waals surface area contributed by atoms with Crippen LogP contribution in [0.25, 0.3) is 0 Å². The smallest absolute Gasteiger partial charge is 0.112 e. The van der Waals surface area contributed by atoms with E-state index in [1.54, 1.807) is 11.3 Å². The Morgan fingerprint density at radius 2 is 2.50 bits per heavy atom. The highest BCUT2D eigenvalue weighted by Crippen LogP contribution is 2.39. The second kappa shape index (κ2) is 2.82. The van der Waals surface area contributed by atoms with Crippen LogP contribution in [0.4, 0.5) is 0 Å². The number of nitrogens with zero attached hydrogens (tertiary/aromatic N) is 1. The molecule has 1 aromatic rings. The molecule has 1 aliphatic carbocycles. The first kappa shape index (κ1) is 8.20. The van der Waals surface area contributed by atoms with Gasteiger partial charge in [0.05, 0.1) is 5.54 Å². The summed E-state index contributed by atoms with van der Waals surface area (Å²) in [6.07, 6.45) is 5.65. The molecule has 12 heavy (non-hydrogen) atoms. The molecule has 1 aliphatic rings. The zero-order valence-electron chi connectivity index (χ0n) is 7.29. The zero-order valence-corrected chi connectivity index (χ0v) is 8.10. The van der Waals surface area contributed by atoms with Gasteiger partial charge < -0.3 is 5.73 Å². The summed E-state index contributed by atoms with van der Waals surface area (Å²) in [5, 5.41) is 3.07. The molecule has 0 radical (unpaired) electrons. The molecule has 0 bridgehead atoms. The maximum atomic E-state index is 6.17. The topological polar surface area (TPSA) is 38.9 Å². The Hall–Kier alpha value is -0.410. The van der Waals surface area contributed by atoms with Gasteiger partial charge >= 0.3 is 0 Å². The minimum absolute atomic E-state index is 0.185. The maximum Gasteiger partial charge on any atom is 0.112 e. The van der Waals surface area contributed by atoms with Crippen LogP contribution in [0, 0.1) is 5.92 Å². The van der Waals surface area contributed by atoms with Crippen molar-refractivity contribution in [2.24, 2.45) is 11.7 Å². The second-order valence-corrected chi connectivity index (χ2v) is 4.80. The molecule has 0 spiro atoms. The predicted octanol–water partition coefficient (Wildman–Crippen LogP) is 2.12. The molecule has 0 amide bonds. The molecule has 1 unspecified atom stereocenters. The second-order valence-electron chi connectivity index (χ2n) is 3.90. The van der Waals surface area contributed by atoms with E-state index in [9.17, 15) is 0 Å². The Labute approximate surface area is 76.8 Å². The Bertz CT molecular complexity index is 250. The molecule has 3 heteroatoms. The first-order valence-electron chi connectivity index (χ1n) is 4.37. The van der Waals surface area contributed by atoms with Crippen molar-refractivity contribution < 1.29 is 0 Å². The highest BCUT2D eigenvalue weighted by molar-refractivity contribution is 7.09. The van der Waals surface area contributed by atoms with E-state index >= 15 is 0 Å². The quantitative estimate of drug-likeness (QED) is 0.777. The van der Waals surface area contributed by atoms with Gasteiger partial charge in [-0.25, -0.2) is 4.98 Å². The van der Waals surface area contributed by atoms with Crippen LogP contribution in [0.2, 0.25) is 0 Å². The van der Waals surface area contributed by atoms with Crippen molar-refractivity contribution >= 4 is 11.3 Å². The van der Waals surface area contributed by atoms with Gasteiger partial charge in [-0.15, -0.1) is 11.3 Å². The fourth-order valence-corrected chi connectivity index (χ4v) is 2.24. The third-order valence-corrected chi connectivity index (χ3v) is 3.38. The first-order valence-corrected chi connectivity index (χ1v) is 5.25. The summed E-state index contributed by atoms with van der Waals surface area (Å²) in [5.41, 5.74) is 5.99. The molecule has 1 fully saturated rings. The minimum Gasteiger partial charge on any atom is -0.320 e. The normalized spacial score (nSPS) is 22.2. The monoisotopic (exact) mass is 182 g/mol. The summed E-state index contributed by atoms with van der Waals surface area (Å²) in [7, 11) is 0. The van der Waals surface area contributed by atoms with Crippen molar-refractivity contribution in [2.45, 2.75) is 31.7 Å². The number of thiazole rings is 1. The Balaban J connectivity index is 2.08. The number of rotatable bonds is 3. The third kappa shape index (κ3) is 1.67. The van der Waals surface area contributed by atoms with Crippen molar-refractivity contribution in [3.05, 3.63) is 16.6 Å².